The Morgan fingerprint density at radius 3 is 2.50 bits per heavy atom. The number of nitrogens with one attached hydrogen (secondary N) is 1. The summed E-state index contributed by atoms with van der Waals surface area (Å²) in [5, 5.41) is 3.51. The van der Waals surface area contributed by atoms with Crippen LogP contribution in [0.2, 0.25) is 0 Å². The summed E-state index contributed by atoms with van der Waals surface area (Å²) in [5.74, 6) is 1.98. The highest BCUT2D eigenvalue weighted by molar-refractivity contribution is 4.71. The van der Waals surface area contributed by atoms with Gasteiger partial charge in [-0.05, 0) is 37.8 Å². The minimum atomic E-state index is 0.944. The van der Waals surface area contributed by atoms with E-state index in [2.05, 4.69) is 19.2 Å². The standard InChI is InChI=1S/C13H27N/c1-3-10-14-11-9-12(2)13-7-5-4-6-8-13/h12-14H,3-11H2,1-2H3. The summed E-state index contributed by atoms with van der Waals surface area (Å²) >= 11 is 0. The van der Waals surface area contributed by atoms with Crippen molar-refractivity contribution in [3.63, 3.8) is 0 Å². The quantitative estimate of drug-likeness (QED) is 0.642. The second kappa shape index (κ2) is 7.28. The molecule has 0 aliphatic heterocycles. The molecule has 0 bridgehead atoms. The predicted molar refractivity (Wildman–Crippen MR) is 63.5 cm³/mol. The lowest BCUT2D eigenvalue weighted by Gasteiger charge is -2.27. The maximum Gasteiger partial charge on any atom is -0.00463 e. The Morgan fingerprint density at radius 1 is 1.14 bits per heavy atom. The molecule has 1 atom stereocenters. The average molecular weight is 197 g/mol. The Kier molecular flexibility index (Phi) is 6.25. The lowest BCUT2D eigenvalue weighted by atomic mass is 9.79. The summed E-state index contributed by atoms with van der Waals surface area (Å²) in [5.41, 5.74) is 0. The molecule has 1 aliphatic carbocycles. The molecule has 1 unspecified atom stereocenters. The summed E-state index contributed by atoms with van der Waals surface area (Å²) < 4.78 is 0. The topological polar surface area (TPSA) is 12.0 Å². The van der Waals surface area contributed by atoms with E-state index in [-0.39, 0.29) is 0 Å². The van der Waals surface area contributed by atoms with Crippen molar-refractivity contribution in [3.05, 3.63) is 0 Å². The normalized spacial score (nSPS) is 21.0. The minimum absolute atomic E-state index is 0.944. The predicted octanol–water partition coefficient (Wildman–Crippen LogP) is 3.59. The van der Waals surface area contributed by atoms with Crippen molar-refractivity contribution in [1.29, 1.82) is 0 Å². The van der Waals surface area contributed by atoms with Crippen molar-refractivity contribution < 1.29 is 0 Å². The lowest BCUT2D eigenvalue weighted by molar-refractivity contribution is 0.251. The summed E-state index contributed by atoms with van der Waals surface area (Å²) in [6, 6.07) is 0. The molecule has 0 aromatic rings. The van der Waals surface area contributed by atoms with E-state index in [1.165, 1.54) is 58.0 Å². The van der Waals surface area contributed by atoms with Crippen LogP contribution in [0.4, 0.5) is 0 Å². The zero-order chi connectivity index (χ0) is 10.2. The first-order valence-corrected chi connectivity index (χ1v) is 6.55. The van der Waals surface area contributed by atoms with E-state index in [4.69, 9.17) is 0 Å². The molecule has 0 heterocycles. The van der Waals surface area contributed by atoms with Crippen molar-refractivity contribution in [1.82, 2.24) is 5.32 Å². The molecular formula is C13H27N. The minimum Gasteiger partial charge on any atom is -0.317 e. The van der Waals surface area contributed by atoms with Crippen molar-refractivity contribution in [2.75, 3.05) is 13.1 Å². The molecule has 84 valence electrons. The fourth-order valence-electron chi connectivity index (χ4n) is 2.57. The molecule has 1 rings (SSSR count). The zero-order valence-corrected chi connectivity index (χ0v) is 10.0. The van der Waals surface area contributed by atoms with Gasteiger partial charge in [-0.3, -0.25) is 0 Å². The third-order valence-corrected chi connectivity index (χ3v) is 3.66. The van der Waals surface area contributed by atoms with Crippen LogP contribution in [0, 0.1) is 11.8 Å². The summed E-state index contributed by atoms with van der Waals surface area (Å²) in [6.07, 6.45) is 10.1. The molecular weight excluding hydrogens is 170 g/mol. The SMILES string of the molecule is CCCNCCC(C)C1CCCCC1. The number of rotatable bonds is 6. The Hall–Kier alpha value is -0.0400. The van der Waals surface area contributed by atoms with Crippen LogP contribution in [0.5, 0.6) is 0 Å². The summed E-state index contributed by atoms with van der Waals surface area (Å²) in [7, 11) is 0. The van der Waals surface area contributed by atoms with Gasteiger partial charge < -0.3 is 5.32 Å². The number of hydrogen-bond donors (Lipinski definition) is 1. The molecule has 0 amide bonds. The molecule has 14 heavy (non-hydrogen) atoms. The van der Waals surface area contributed by atoms with Gasteiger partial charge in [-0.15, -0.1) is 0 Å². The van der Waals surface area contributed by atoms with Crippen molar-refractivity contribution in [2.24, 2.45) is 11.8 Å². The van der Waals surface area contributed by atoms with Crippen LogP contribution in [0.3, 0.4) is 0 Å². The van der Waals surface area contributed by atoms with Gasteiger partial charge in [0.05, 0.1) is 0 Å². The zero-order valence-electron chi connectivity index (χ0n) is 10.0. The highest BCUT2D eigenvalue weighted by Crippen LogP contribution is 2.31. The van der Waals surface area contributed by atoms with Gasteiger partial charge in [0.2, 0.25) is 0 Å². The summed E-state index contributed by atoms with van der Waals surface area (Å²) in [4.78, 5) is 0. The molecule has 1 N–H and O–H groups in total. The first-order chi connectivity index (χ1) is 6.84. The highest BCUT2D eigenvalue weighted by Gasteiger charge is 2.19. The fourth-order valence-corrected chi connectivity index (χ4v) is 2.57. The van der Waals surface area contributed by atoms with E-state index in [0.717, 1.165) is 11.8 Å². The summed E-state index contributed by atoms with van der Waals surface area (Å²) in [6.45, 7) is 7.10. The molecule has 1 aliphatic rings. The van der Waals surface area contributed by atoms with Gasteiger partial charge in [0, 0.05) is 0 Å². The molecule has 0 saturated heterocycles. The lowest BCUT2D eigenvalue weighted by Crippen LogP contribution is -2.22. The Morgan fingerprint density at radius 2 is 1.86 bits per heavy atom. The number of hydrogen-bond acceptors (Lipinski definition) is 1. The molecule has 1 fully saturated rings. The van der Waals surface area contributed by atoms with Gasteiger partial charge in [-0.25, -0.2) is 0 Å². The van der Waals surface area contributed by atoms with Crippen LogP contribution < -0.4 is 5.32 Å². The molecule has 1 saturated carbocycles. The largest absolute Gasteiger partial charge is 0.317 e. The van der Waals surface area contributed by atoms with Gasteiger partial charge in [0.15, 0.2) is 0 Å². The van der Waals surface area contributed by atoms with Crippen LogP contribution in [0.25, 0.3) is 0 Å². The monoisotopic (exact) mass is 197 g/mol. The first kappa shape index (κ1) is 12.0. The van der Waals surface area contributed by atoms with E-state index < -0.39 is 0 Å². The van der Waals surface area contributed by atoms with Crippen molar-refractivity contribution in [2.45, 2.75) is 58.8 Å². The van der Waals surface area contributed by atoms with Gasteiger partial charge in [0.1, 0.15) is 0 Å². The van der Waals surface area contributed by atoms with Crippen LogP contribution in [-0.2, 0) is 0 Å². The third-order valence-electron chi connectivity index (χ3n) is 3.66. The van der Waals surface area contributed by atoms with E-state index in [9.17, 15) is 0 Å². The van der Waals surface area contributed by atoms with E-state index >= 15 is 0 Å². The maximum absolute atomic E-state index is 3.51. The van der Waals surface area contributed by atoms with Crippen molar-refractivity contribution >= 4 is 0 Å². The Balaban J connectivity index is 2.04. The molecule has 0 spiro atoms. The second-order valence-electron chi connectivity index (χ2n) is 4.91. The van der Waals surface area contributed by atoms with Crippen LogP contribution in [-0.4, -0.2) is 13.1 Å². The van der Waals surface area contributed by atoms with Crippen LogP contribution in [0.15, 0.2) is 0 Å². The van der Waals surface area contributed by atoms with E-state index in [1.54, 1.807) is 0 Å². The molecule has 0 aromatic carbocycles. The highest BCUT2D eigenvalue weighted by atomic mass is 14.8. The Labute approximate surface area is 89.7 Å². The Bertz CT molecular complexity index is 127. The van der Waals surface area contributed by atoms with E-state index in [0.29, 0.717) is 0 Å². The molecule has 0 radical (unpaired) electrons. The van der Waals surface area contributed by atoms with Crippen LogP contribution >= 0.6 is 0 Å². The average Bonchev–Trinajstić information content (AvgIpc) is 2.25. The smallest absolute Gasteiger partial charge is 0.00463 e. The van der Waals surface area contributed by atoms with Gasteiger partial charge in [-0.2, -0.15) is 0 Å². The molecule has 0 aromatic heterocycles. The first-order valence-electron chi connectivity index (χ1n) is 6.55. The molecule has 1 nitrogen and oxygen atoms in total. The second-order valence-corrected chi connectivity index (χ2v) is 4.91. The third kappa shape index (κ3) is 4.45. The van der Waals surface area contributed by atoms with Gasteiger partial charge >= 0.3 is 0 Å². The van der Waals surface area contributed by atoms with Gasteiger partial charge in [-0.1, -0.05) is 46.0 Å². The van der Waals surface area contributed by atoms with E-state index in [1.807, 2.05) is 0 Å². The maximum atomic E-state index is 3.51. The van der Waals surface area contributed by atoms with Crippen molar-refractivity contribution in [3.8, 4) is 0 Å². The van der Waals surface area contributed by atoms with Gasteiger partial charge in [0.25, 0.3) is 0 Å². The molecule has 1 heteroatoms. The fraction of sp³-hybridized carbons (Fsp3) is 1.00. The van der Waals surface area contributed by atoms with Crippen LogP contribution in [0.1, 0.15) is 58.8 Å².